The van der Waals surface area contributed by atoms with Gasteiger partial charge >= 0.3 is 0 Å². The van der Waals surface area contributed by atoms with Gasteiger partial charge in [0.05, 0.1) is 5.39 Å². The summed E-state index contributed by atoms with van der Waals surface area (Å²) < 4.78 is 2.15. The van der Waals surface area contributed by atoms with Crippen molar-refractivity contribution in [2.45, 2.75) is 36.0 Å². The lowest BCUT2D eigenvalue weighted by Gasteiger charge is -2.10. The van der Waals surface area contributed by atoms with E-state index in [0.717, 1.165) is 33.0 Å². The fourth-order valence-corrected chi connectivity index (χ4v) is 6.35. The number of thiophene rings is 1. The molecule has 28 heavy (non-hydrogen) atoms. The molecule has 0 N–H and O–H groups in total. The fraction of sp³-hybridized carbons (Fsp3) is 0.286. The van der Waals surface area contributed by atoms with Gasteiger partial charge in [-0.3, -0.25) is 0 Å². The molecule has 1 aliphatic carbocycles. The van der Waals surface area contributed by atoms with Crippen LogP contribution < -0.4 is 0 Å². The number of hydrogen-bond acceptors (Lipinski definition) is 6. The molecule has 7 heteroatoms. The van der Waals surface area contributed by atoms with Crippen molar-refractivity contribution >= 4 is 56.8 Å². The van der Waals surface area contributed by atoms with Gasteiger partial charge in [0.25, 0.3) is 0 Å². The van der Waals surface area contributed by atoms with E-state index >= 15 is 0 Å². The maximum Gasteiger partial charge on any atom is 0.198 e. The molecule has 0 bridgehead atoms. The van der Waals surface area contributed by atoms with Crippen LogP contribution in [0.2, 0.25) is 0 Å². The summed E-state index contributed by atoms with van der Waals surface area (Å²) in [5.41, 5.74) is 3.65. The molecule has 0 unspecified atom stereocenters. The van der Waals surface area contributed by atoms with E-state index in [-0.39, 0.29) is 0 Å². The van der Waals surface area contributed by atoms with Crippen molar-refractivity contribution in [1.82, 2.24) is 19.6 Å². The lowest BCUT2D eigenvalue weighted by Crippen LogP contribution is -2.00. The third kappa shape index (κ3) is 3.25. The first-order valence-electron chi connectivity index (χ1n) is 9.43. The number of fused-ring (bicyclic) bond motifs is 5. The molecule has 3 aromatic heterocycles. The van der Waals surface area contributed by atoms with Crippen molar-refractivity contribution in [2.75, 3.05) is 12.0 Å². The topological polar surface area (TPSA) is 43.1 Å². The van der Waals surface area contributed by atoms with Gasteiger partial charge in [-0.05, 0) is 43.1 Å². The molecule has 0 atom stereocenters. The summed E-state index contributed by atoms with van der Waals surface area (Å²) in [6, 6.07) is 10.4. The molecule has 0 aliphatic heterocycles. The lowest BCUT2D eigenvalue weighted by atomic mass is 9.97. The minimum atomic E-state index is 0.850. The SMILES string of the molecule is CSc1nc2sc3c(c2c2nnc(SCC=Cc4ccccc4)n12)CCCC3. The molecule has 1 aliphatic rings. The highest BCUT2D eigenvalue weighted by atomic mass is 32.2. The molecule has 1 aromatic carbocycles. The highest BCUT2D eigenvalue weighted by Crippen LogP contribution is 2.39. The van der Waals surface area contributed by atoms with Crippen LogP contribution in [0.5, 0.6) is 0 Å². The number of rotatable bonds is 5. The van der Waals surface area contributed by atoms with Crippen LogP contribution in [0.15, 0.2) is 46.7 Å². The van der Waals surface area contributed by atoms with E-state index in [1.807, 2.05) is 17.4 Å². The van der Waals surface area contributed by atoms with Gasteiger partial charge in [-0.15, -0.1) is 21.5 Å². The second kappa shape index (κ2) is 7.89. The predicted octanol–water partition coefficient (Wildman–Crippen LogP) is 5.75. The number of benzene rings is 1. The normalized spacial score (nSPS) is 14.3. The quantitative estimate of drug-likeness (QED) is 0.302. The summed E-state index contributed by atoms with van der Waals surface area (Å²) >= 11 is 5.22. The average Bonchev–Trinajstić information content (AvgIpc) is 3.32. The first kappa shape index (κ1) is 18.2. The maximum atomic E-state index is 4.97. The van der Waals surface area contributed by atoms with Crippen LogP contribution in [0, 0.1) is 0 Å². The molecule has 4 nitrogen and oxygen atoms in total. The lowest BCUT2D eigenvalue weighted by molar-refractivity contribution is 0.700. The molecule has 0 amide bonds. The number of aryl methyl sites for hydroxylation is 2. The molecule has 3 heterocycles. The molecule has 142 valence electrons. The number of aromatic nitrogens is 4. The molecular formula is C21H20N4S3. The Bertz CT molecular complexity index is 1160. The molecule has 4 aromatic rings. The van der Waals surface area contributed by atoms with Gasteiger partial charge in [0.15, 0.2) is 16.0 Å². The number of thioether (sulfide) groups is 2. The van der Waals surface area contributed by atoms with Crippen LogP contribution in [0.3, 0.4) is 0 Å². The summed E-state index contributed by atoms with van der Waals surface area (Å²) in [5.74, 6) is 0.850. The Morgan fingerprint density at radius 3 is 2.82 bits per heavy atom. The van der Waals surface area contributed by atoms with Gasteiger partial charge in [0, 0.05) is 10.6 Å². The van der Waals surface area contributed by atoms with E-state index in [0.29, 0.717) is 0 Å². The summed E-state index contributed by atoms with van der Waals surface area (Å²) in [6.07, 6.45) is 11.3. The van der Waals surface area contributed by atoms with Crippen LogP contribution in [-0.4, -0.2) is 31.6 Å². The van der Waals surface area contributed by atoms with Crippen LogP contribution in [0.4, 0.5) is 0 Å². The Morgan fingerprint density at radius 1 is 1.11 bits per heavy atom. The Balaban J connectivity index is 1.50. The maximum absolute atomic E-state index is 4.97. The van der Waals surface area contributed by atoms with Crippen molar-refractivity contribution in [1.29, 1.82) is 0 Å². The minimum Gasteiger partial charge on any atom is -0.248 e. The smallest absolute Gasteiger partial charge is 0.198 e. The van der Waals surface area contributed by atoms with E-state index in [1.54, 1.807) is 23.5 Å². The van der Waals surface area contributed by atoms with Crippen molar-refractivity contribution in [3.63, 3.8) is 0 Å². The average molecular weight is 425 g/mol. The molecule has 0 saturated heterocycles. The van der Waals surface area contributed by atoms with Gasteiger partial charge in [-0.25, -0.2) is 9.38 Å². The summed E-state index contributed by atoms with van der Waals surface area (Å²) in [6.45, 7) is 0. The standard InChI is InChI=1S/C21H20N4S3/c1-26-20-22-19-17(15-11-5-6-12-16(15)28-19)18-23-24-21(25(18)20)27-13-7-10-14-8-3-2-4-9-14/h2-4,7-10H,5-6,11-13H2,1H3. The minimum absolute atomic E-state index is 0.850. The van der Waals surface area contributed by atoms with Crippen molar-refractivity contribution in [2.24, 2.45) is 0 Å². The van der Waals surface area contributed by atoms with Crippen molar-refractivity contribution in [3.8, 4) is 0 Å². The number of nitrogens with zero attached hydrogens (tertiary/aromatic N) is 4. The fourth-order valence-electron chi connectivity index (χ4n) is 3.70. The zero-order chi connectivity index (χ0) is 18.9. The summed E-state index contributed by atoms with van der Waals surface area (Å²) in [4.78, 5) is 7.59. The molecule has 0 radical (unpaired) electrons. The zero-order valence-electron chi connectivity index (χ0n) is 15.6. The van der Waals surface area contributed by atoms with Crippen LogP contribution in [0.25, 0.3) is 21.9 Å². The summed E-state index contributed by atoms with van der Waals surface area (Å²) in [5, 5.41) is 12.2. The van der Waals surface area contributed by atoms with Gasteiger partial charge in [0.1, 0.15) is 4.83 Å². The highest BCUT2D eigenvalue weighted by molar-refractivity contribution is 7.99. The second-order valence-electron chi connectivity index (χ2n) is 6.76. The number of hydrogen-bond donors (Lipinski definition) is 0. The van der Waals surface area contributed by atoms with Gasteiger partial charge in [-0.1, -0.05) is 66.0 Å². The Hall–Kier alpha value is -1.83. The van der Waals surface area contributed by atoms with Crippen LogP contribution in [0.1, 0.15) is 28.8 Å². The molecule has 0 spiro atoms. The van der Waals surface area contributed by atoms with E-state index in [9.17, 15) is 0 Å². The second-order valence-corrected chi connectivity index (χ2v) is 9.60. The van der Waals surface area contributed by atoms with Gasteiger partial charge in [0.2, 0.25) is 0 Å². The van der Waals surface area contributed by atoms with E-state index in [2.05, 4.69) is 57.3 Å². The highest BCUT2D eigenvalue weighted by Gasteiger charge is 2.23. The van der Waals surface area contributed by atoms with Gasteiger partial charge in [-0.2, -0.15) is 0 Å². The Morgan fingerprint density at radius 2 is 1.96 bits per heavy atom. The first-order valence-corrected chi connectivity index (χ1v) is 12.5. The van der Waals surface area contributed by atoms with Crippen molar-refractivity contribution < 1.29 is 0 Å². The summed E-state index contributed by atoms with van der Waals surface area (Å²) in [7, 11) is 0. The molecular weight excluding hydrogens is 404 g/mol. The van der Waals surface area contributed by atoms with E-state index < -0.39 is 0 Å². The molecule has 5 rings (SSSR count). The molecule has 0 saturated carbocycles. The third-order valence-electron chi connectivity index (χ3n) is 5.00. The van der Waals surface area contributed by atoms with Crippen LogP contribution in [-0.2, 0) is 12.8 Å². The molecule has 0 fully saturated rings. The largest absolute Gasteiger partial charge is 0.248 e. The monoisotopic (exact) mass is 424 g/mol. The third-order valence-corrected chi connectivity index (χ3v) is 7.71. The Kier molecular flexibility index (Phi) is 5.13. The zero-order valence-corrected chi connectivity index (χ0v) is 18.0. The van der Waals surface area contributed by atoms with Gasteiger partial charge < -0.3 is 0 Å². The predicted molar refractivity (Wildman–Crippen MR) is 121 cm³/mol. The Labute approximate surface area is 176 Å². The first-order chi connectivity index (χ1) is 13.8. The van der Waals surface area contributed by atoms with E-state index in [1.165, 1.54) is 40.7 Å². The van der Waals surface area contributed by atoms with Crippen molar-refractivity contribution in [3.05, 3.63) is 52.4 Å². The van der Waals surface area contributed by atoms with E-state index in [4.69, 9.17) is 4.98 Å². The van der Waals surface area contributed by atoms with Crippen LogP contribution >= 0.6 is 34.9 Å².